The maximum Gasteiger partial charge on any atom is 0.299 e. The van der Waals surface area contributed by atoms with Crippen molar-refractivity contribution in [1.82, 2.24) is 0 Å². The summed E-state index contributed by atoms with van der Waals surface area (Å²) in [6, 6.07) is 0. The van der Waals surface area contributed by atoms with Gasteiger partial charge in [-0.05, 0) is 25.1 Å². The first kappa shape index (κ1) is 14.2. The van der Waals surface area contributed by atoms with Crippen LogP contribution >= 0.6 is 11.8 Å². The molecule has 0 aromatic rings. The third-order valence-corrected chi connectivity index (χ3v) is 2.77. The molecule has 84 valence electrons. The van der Waals surface area contributed by atoms with Crippen LogP contribution in [0.3, 0.4) is 0 Å². The highest BCUT2D eigenvalue weighted by Gasteiger charge is 2.29. The van der Waals surface area contributed by atoms with Gasteiger partial charge in [0.25, 0.3) is 5.17 Å². The van der Waals surface area contributed by atoms with E-state index >= 15 is 0 Å². The number of hydrogen-bond acceptors (Lipinski definition) is 3. The van der Waals surface area contributed by atoms with Crippen LogP contribution in [0.25, 0.3) is 0 Å². The minimum atomic E-state index is -0.371. The zero-order valence-electron chi connectivity index (χ0n) is 8.29. The average molecular weight is 285 g/mol. The van der Waals surface area contributed by atoms with Gasteiger partial charge < -0.3 is 26.5 Å². The monoisotopic (exact) mass is 284 g/mol. The zero-order chi connectivity index (χ0) is 9.73. The largest absolute Gasteiger partial charge is 1.00 e. The second kappa shape index (κ2) is 6.66. The van der Waals surface area contributed by atoms with Crippen molar-refractivity contribution in [1.29, 1.82) is 0 Å². The maximum absolute atomic E-state index is 5.45. The van der Waals surface area contributed by atoms with Gasteiger partial charge in [0.15, 0.2) is 5.79 Å². The number of rotatable bonds is 4. The zero-order valence-corrected chi connectivity index (χ0v) is 10.7. The summed E-state index contributed by atoms with van der Waals surface area (Å²) in [5, 5.41) is 5.74. The predicted molar refractivity (Wildman–Crippen MR) is 53.1 cm³/mol. The summed E-state index contributed by atoms with van der Waals surface area (Å²) < 4.78 is 10.9. The molecule has 0 amide bonds. The number of hydrogen-bond donors (Lipinski definition) is 2. The second-order valence-electron chi connectivity index (χ2n) is 3.19. The van der Waals surface area contributed by atoms with Gasteiger partial charge >= 0.3 is 0 Å². The van der Waals surface area contributed by atoms with Crippen molar-refractivity contribution in [3.05, 3.63) is 0 Å². The minimum absolute atomic E-state index is 0. The topological polar surface area (TPSA) is 70.1 Å². The first-order valence-corrected chi connectivity index (χ1v) is 5.39. The van der Waals surface area contributed by atoms with Gasteiger partial charge in [0, 0.05) is 12.2 Å². The van der Waals surface area contributed by atoms with Crippen LogP contribution in [0, 0.1) is 0 Å². The Hall–Kier alpha value is 0.220. The summed E-state index contributed by atoms with van der Waals surface area (Å²) in [6.07, 6.45) is 1.90. The lowest BCUT2D eigenvalue weighted by Crippen LogP contribution is -3.00. The van der Waals surface area contributed by atoms with E-state index in [1.54, 1.807) is 0 Å². The van der Waals surface area contributed by atoms with Crippen LogP contribution in [0.2, 0.25) is 0 Å². The van der Waals surface area contributed by atoms with Gasteiger partial charge in [0.2, 0.25) is 0 Å². The number of amidine groups is 1. The molecular weight excluding hydrogens is 268 g/mol. The van der Waals surface area contributed by atoms with Crippen molar-refractivity contribution < 1.29 is 31.9 Å². The Labute approximate surface area is 99.2 Å². The maximum atomic E-state index is 5.45. The molecule has 0 bridgehead atoms. The summed E-state index contributed by atoms with van der Waals surface area (Å²) >= 11 is 1.47. The molecule has 1 fully saturated rings. The van der Waals surface area contributed by atoms with E-state index < -0.39 is 0 Å². The number of ether oxygens (including phenoxy) is 2. The lowest BCUT2D eigenvalue weighted by atomic mass is 10.2. The molecule has 0 saturated carbocycles. The lowest BCUT2D eigenvalue weighted by molar-refractivity contribution is -0.146. The van der Waals surface area contributed by atoms with Crippen molar-refractivity contribution in [2.24, 2.45) is 5.73 Å². The summed E-state index contributed by atoms with van der Waals surface area (Å²) in [7, 11) is 0. The van der Waals surface area contributed by atoms with E-state index in [9.17, 15) is 0 Å². The molecule has 1 rings (SSSR count). The molecule has 4 nitrogen and oxygen atoms in total. The van der Waals surface area contributed by atoms with E-state index in [0.29, 0.717) is 18.4 Å². The van der Waals surface area contributed by atoms with Gasteiger partial charge in [0.05, 0.1) is 13.2 Å². The number of nitrogens with two attached hydrogens (primary N) is 2. The second-order valence-corrected chi connectivity index (χ2v) is 4.35. The summed E-state index contributed by atoms with van der Waals surface area (Å²) in [5.74, 6) is 0.550. The standard InChI is InChI=1S/C8H16N2O2S.BrH/c1-8(11-4-5-12-8)3-2-6-13-7(9)10;/h2-6H2,1H3,(H3,9,10);1H. The molecule has 1 saturated heterocycles. The van der Waals surface area contributed by atoms with Crippen LogP contribution in [0.1, 0.15) is 19.8 Å². The summed E-state index contributed by atoms with van der Waals surface area (Å²) in [4.78, 5) is 0. The van der Waals surface area contributed by atoms with Crippen molar-refractivity contribution >= 4 is 16.9 Å². The van der Waals surface area contributed by atoms with E-state index in [2.05, 4.69) is 0 Å². The summed E-state index contributed by atoms with van der Waals surface area (Å²) in [5.41, 5.74) is 5.31. The fourth-order valence-electron chi connectivity index (χ4n) is 1.28. The molecule has 1 heterocycles. The molecule has 0 aromatic heterocycles. The quantitative estimate of drug-likeness (QED) is 0.317. The van der Waals surface area contributed by atoms with E-state index in [0.717, 1.165) is 18.6 Å². The third-order valence-electron chi connectivity index (χ3n) is 1.94. The Kier molecular flexibility index (Phi) is 6.76. The molecule has 6 heteroatoms. The Morgan fingerprint density at radius 3 is 2.57 bits per heavy atom. The first-order valence-electron chi connectivity index (χ1n) is 4.41. The molecule has 0 aliphatic carbocycles. The Bertz CT molecular complexity index is 186. The SMILES string of the molecule is CC1(CCCSC(N)=[NH2+])OCCO1.[Br-]. The highest BCUT2D eigenvalue weighted by molar-refractivity contribution is 8.13. The predicted octanol–water partition coefficient (Wildman–Crippen LogP) is -3.66. The molecule has 0 unspecified atom stereocenters. The Morgan fingerprint density at radius 2 is 2.07 bits per heavy atom. The molecule has 0 atom stereocenters. The normalized spacial score (nSPS) is 18.9. The molecule has 0 spiro atoms. The fourth-order valence-corrected chi connectivity index (χ4v) is 1.81. The van der Waals surface area contributed by atoms with Crippen molar-refractivity contribution in [2.45, 2.75) is 25.6 Å². The molecule has 4 N–H and O–H groups in total. The highest BCUT2D eigenvalue weighted by Crippen LogP contribution is 2.24. The smallest absolute Gasteiger partial charge is 0.299 e. The Morgan fingerprint density at radius 1 is 1.50 bits per heavy atom. The number of thioether (sulfide) groups is 1. The van der Waals surface area contributed by atoms with Crippen LogP contribution in [-0.4, -0.2) is 29.9 Å². The van der Waals surface area contributed by atoms with Gasteiger partial charge in [0.1, 0.15) is 0 Å². The van der Waals surface area contributed by atoms with Gasteiger partial charge in [-0.1, -0.05) is 0 Å². The van der Waals surface area contributed by atoms with Gasteiger partial charge in [-0.2, -0.15) is 0 Å². The third kappa shape index (κ3) is 5.19. The fraction of sp³-hybridized carbons (Fsp3) is 0.875. The molecule has 0 radical (unpaired) electrons. The van der Waals surface area contributed by atoms with E-state index in [1.165, 1.54) is 11.8 Å². The van der Waals surface area contributed by atoms with Crippen LogP contribution in [0.4, 0.5) is 0 Å². The van der Waals surface area contributed by atoms with Crippen LogP contribution < -0.4 is 28.1 Å². The molecular formula is C8H17BrN2O2S. The lowest BCUT2D eigenvalue weighted by Gasteiger charge is -2.21. The number of halogens is 1. The molecule has 0 aromatic carbocycles. The van der Waals surface area contributed by atoms with E-state index in [-0.39, 0.29) is 22.8 Å². The van der Waals surface area contributed by atoms with Crippen molar-refractivity contribution in [2.75, 3.05) is 19.0 Å². The van der Waals surface area contributed by atoms with E-state index in [1.807, 2.05) is 6.92 Å². The Balaban J connectivity index is 0.00000169. The van der Waals surface area contributed by atoms with Gasteiger partial charge in [-0.15, -0.1) is 0 Å². The molecule has 1 aliphatic rings. The van der Waals surface area contributed by atoms with Crippen molar-refractivity contribution in [3.63, 3.8) is 0 Å². The van der Waals surface area contributed by atoms with Crippen LogP contribution in [0.5, 0.6) is 0 Å². The summed E-state index contributed by atoms with van der Waals surface area (Å²) in [6.45, 7) is 3.38. The highest BCUT2D eigenvalue weighted by atomic mass is 79.9. The first-order chi connectivity index (χ1) is 6.12. The van der Waals surface area contributed by atoms with Gasteiger partial charge in [-0.25, -0.2) is 0 Å². The van der Waals surface area contributed by atoms with Crippen LogP contribution in [0.15, 0.2) is 0 Å². The average Bonchev–Trinajstić information content (AvgIpc) is 2.47. The van der Waals surface area contributed by atoms with Crippen molar-refractivity contribution in [3.8, 4) is 0 Å². The van der Waals surface area contributed by atoms with E-state index in [4.69, 9.17) is 20.6 Å². The van der Waals surface area contributed by atoms with Crippen LogP contribution in [-0.2, 0) is 9.47 Å². The molecule has 14 heavy (non-hydrogen) atoms. The molecule has 1 aliphatic heterocycles. The minimum Gasteiger partial charge on any atom is -1.00 e. The van der Waals surface area contributed by atoms with Gasteiger partial charge in [-0.3, -0.25) is 11.1 Å².